The zero-order valence-electron chi connectivity index (χ0n) is 11.9. The summed E-state index contributed by atoms with van der Waals surface area (Å²) in [5.74, 6) is -0.348. The van der Waals surface area contributed by atoms with Gasteiger partial charge in [-0.3, -0.25) is 4.79 Å². The molecule has 0 unspecified atom stereocenters. The first-order valence-electron chi connectivity index (χ1n) is 7.19. The topological polar surface area (TPSA) is 26.3 Å². The molecule has 0 saturated heterocycles. The van der Waals surface area contributed by atoms with Gasteiger partial charge >= 0.3 is 5.97 Å². The highest BCUT2D eigenvalue weighted by Gasteiger charge is 2.62. The van der Waals surface area contributed by atoms with E-state index in [0.717, 1.165) is 22.3 Å². The fourth-order valence-electron chi connectivity index (χ4n) is 4.11. The van der Waals surface area contributed by atoms with E-state index >= 15 is 0 Å². The van der Waals surface area contributed by atoms with E-state index in [1.807, 2.05) is 48.5 Å². The molecule has 0 fully saturated rings. The third-order valence-corrected chi connectivity index (χ3v) is 6.19. The maximum Gasteiger partial charge on any atom is 0.322 e. The van der Waals surface area contributed by atoms with Crippen LogP contribution in [0, 0.1) is 0 Å². The lowest BCUT2D eigenvalue weighted by Gasteiger charge is -2.52. The van der Waals surface area contributed by atoms with Gasteiger partial charge in [-0.15, -0.1) is 23.2 Å². The molecule has 112 valence electrons. The van der Waals surface area contributed by atoms with Crippen LogP contribution in [0.15, 0.2) is 48.5 Å². The monoisotopic (exact) mass is 332 g/mol. The molecule has 0 radical (unpaired) electrons. The molecule has 5 rings (SSSR count). The molecular weight excluding hydrogens is 319 g/mol. The molecule has 2 aromatic rings. The summed E-state index contributed by atoms with van der Waals surface area (Å²) in [7, 11) is 1.40. The normalized spacial score (nSPS) is 31.3. The summed E-state index contributed by atoms with van der Waals surface area (Å²) in [5.41, 5.74) is 2.95. The Labute approximate surface area is 139 Å². The van der Waals surface area contributed by atoms with Crippen LogP contribution in [-0.4, -0.2) is 23.8 Å². The second kappa shape index (κ2) is 4.74. The van der Waals surface area contributed by atoms with Crippen LogP contribution in [0.4, 0.5) is 0 Å². The Morgan fingerprint density at radius 2 is 1.50 bits per heavy atom. The Morgan fingerprint density at radius 1 is 1.00 bits per heavy atom. The van der Waals surface area contributed by atoms with Gasteiger partial charge < -0.3 is 4.74 Å². The zero-order valence-corrected chi connectivity index (χ0v) is 13.4. The van der Waals surface area contributed by atoms with Crippen LogP contribution in [0.5, 0.6) is 0 Å². The molecule has 0 aromatic heterocycles. The van der Waals surface area contributed by atoms with E-state index < -0.39 is 10.8 Å². The van der Waals surface area contributed by atoms with Gasteiger partial charge in [-0.1, -0.05) is 48.5 Å². The minimum atomic E-state index is -1.04. The van der Waals surface area contributed by atoms with Gasteiger partial charge in [0.15, 0.2) is 0 Å². The highest BCUT2D eigenvalue weighted by Crippen LogP contribution is 2.59. The van der Waals surface area contributed by atoms with Crippen molar-refractivity contribution in [2.45, 2.75) is 22.1 Å². The quantitative estimate of drug-likeness (QED) is 0.586. The lowest BCUT2D eigenvalue weighted by Crippen LogP contribution is -2.58. The van der Waals surface area contributed by atoms with E-state index in [0.29, 0.717) is 0 Å². The molecule has 0 amide bonds. The van der Waals surface area contributed by atoms with Gasteiger partial charge in [0.1, 0.15) is 5.41 Å². The minimum Gasteiger partial charge on any atom is -0.468 e. The summed E-state index contributed by atoms with van der Waals surface area (Å²) in [6.45, 7) is 0. The Kier molecular flexibility index (Phi) is 3.04. The van der Waals surface area contributed by atoms with Gasteiger partial charge in [-0.25, -0.2) is 0 Å². The van der Waals surface area contributed by atoms with Crippen molar-refractivity contribution < 1.29 is 9.53 Å². The number of alkyl halides is 2. The second-order valence-corrected chi connectivity index (χ2v) is 6.77. The largest absolute Gasteiger partial charge is 0.468 e. The van der Waals surface area contributed by atoms with Crippen LogP contribution >= 0.6 is 23.2 Å². The molecule has 0 spiro atoms. The van der Waals surface area contributed by atoms with E-state index in [9.17, 15) is 4.79 Å². The van der Waals surface area contributed by atoms with Crippen LogP contribution in [-0.2, 0) is 14.9 Å². The number of esters is 1. The maximum atomic E-state index is 12.9. The van der Waals surface area contributed by atoms with Crippen molar-refractivity contribution in [1.82, 2.24) is 0 Å². The Morgan fingerprint density at radius 3 is 2.00 bits per heavy atom. The molecule has 4 heteroatoms. The van der Waals surface area contributed by atoms with E-state index in [1.165, 1.54) is 7.11 Å². The summed E-state index contributed by atoms with van der Waals surface area (Å²) in [5, 5.41) is -0.901. The molecule has 2 bridgehead atoms. The molecule has 2 aromatic carbocycles. The van der Waals surface area contributed by atoms with Gasteiger partial charge in [0.2, 0.25) is 0 Å². The smallest absolute Gasteiger partial charge is 0.322 e. The molecule has 2 atom stereocenters. The van der Waals surface area contributed by atoms with E-state index in [1.54, 1.807) is 0 Å². The molecule has 3 aliphatic carbocycles. The number of ether oxygens (including phenoxy) is 1. The Bertz CT molecular complexity index is 724. The number of halogens is 2. The van der Waals surface area contributed by atoms with Gasteiger partial charge in [-0.2, -0.15) is 0 Å². The average molecular weight is 333 g/mol. The third kappa shape index (κ3) is 1.45. The van der Waals surface area contributed by atoms with Crippen molar-refractivity contribution >= 4 is 29.2 Å². The van der Waals surface area contributed by atoms with Crippen LogP contribution in [0.2, 0.25) is 0 Å². The predicted octanol–water partition coefficient (Wildman–Crippen LogP) is 3.82. The Hall–Kier alpha value is -1.51. The van der Waals surface area contributed by atoms with Crippen molar-refractivity contribution in [3.8, 4) is 0 Å². The minimum absolute atomic E-state index is 0.00287. The van der Waals surface area contributed by atoms with Crippen LogP contribution < -0.4 is 0 Å². The Balaban J connectivity index is 2.16. The first-order valence-corrected chi connectivity index (χ1v) is 8.06. The maximum absolute atomic E-state index is 12.9. The molecule has 3 aliphatic rings. The second-order valence-electron chi connectivity index (χ2n) is 5.80. The zero-order chi connectivity index (χ0) is 15.5. The fraction of sp³-hybridized carbons (Fsp3) is 0.278. The number of fused-ring (bicyclic) bond motifs is 1. The van der Waals surface area contributed by atoms with Gasteiger partial charge in [0.25, 0.3) is 0 Å². The number of carbonyl (C=O) groups excluding carboxylic acids is 1. The number of benzene rings is 2. The standard InChI is InChI=1S/C18H14Cl2O2/c1-22-17(21)18-12-8-4-2-6-10(12)14(15(19)16(18)20)11-7-3-5-9-13(11)18/h2-9,14-16H,1H3/t14?,15-,16-,18?/m1/s1. The number of hydrogen-bond acceptors (Lipinski definition) is 2. The molecule has 0 N–H and O–H groups in total. The van der Waals surface area contributed by atoms with Gasteiger partial charge in [0.05, 0.1) is 17.9 Å². The SMILES string of the molecule is COC(=O)C12c3ccccc3C(c3ccccc31)[C@@H](Cl)[C@H]2Cl. The molecule has 2 nitrogen and oxygen atoms in total. The van der Waals surface area contributed by atoms with Crippen molar-refractivity contribution in [1.29, 1.82) is 0 Å². The van der Waals surface area contributed by atoms with E-state index in [2.05, 4.69) is 0 Å². The first-order chi connectivity index (χ1) is 10.6. The van der Waals surface area contributed by atoms with Crippen molar-refractivity contribution in [2.24, 2.45) is 0 Å². The third-order valence-electron chi connectivity index (χ3n) is 4.96. The first kappa shape index (κ1) is 14.1. The summed E-state index contributed by atoms with van der Waals surface area (Å²) in [6.07, 6.45) is 0. The van der Waals surface area contributed by atoms with Crippen LogP contribution in [0.1, 0.15) is 28.2 Å². The number of hydrogen-bond donors (Lipinski definition) is 0. The van der Waals surface area contributed by atoms with Gasteiger partial charge in [-0.05, 0) is 22.3 Å². The summed E-state index contributed by atoms with van der Waals surface area (Å²) in [4.78, 5) is 12.9. The molecule has 0 heterocycles. The number of carbonyl (C=O) groups is 1. The predicted molar refractivity (Wildman–Crippen MR) is 86.8 cm³/mol. The fourth-order valence-corrected chi connectivity index (χ4v) is 5.04. The van der Waals surface area contributed by atoms with Crippen LogP contribution in [0.3, 0.4) is 0 Å². The van der Waals surface area contributed by atoms with Gasteiger partial charge in [0, 0.05) is 5.92 Å². The molecule has 0 saturated carbocycles. The van der Waals surface area contributed by atoms with E-state index in [-0.39, 0.29) is 17.3 Å². The van der Waals surface area contributed by atoms with Crippen molar-refractivity contribution in [3.63, 3.8) is 0 Å². The van der Waals surface area contributed by atoms with E-state index in [4.69, 9.17) is 27.9 Å². The summed E-state index contributed by atoms with van der Waals surface area (Å²) >= 11 is 13.4. The van der Waals surface area contributed by atoms with Crippen LogP contribution in [0.25, 0.3) is 0 Å². The molecule has 22 heavy (non-hydrogen) atoms. The summed E-state index contributed by atoms with van der Waals surface area (Å²) in [6, 6.07) is 15.8. The lowest BCUT2D eigenvalue weighted by atomic mass is 9.54. The van der Waals surface area contributed by atoms with Crippen molar-refractivity contribution in [2.75, 3.05) is 7.11 Å². The number of rotatable bonds is 1. The van der Waals surface area contributed by atoms with Crippen molar-refractivity contribution in [3.05, 3.63) is 70.8 Å². The molecular formula is C18H14Cl2O2. The summed E-state index contributed by atoms with van der Waals surface area (Å²) < 4.78 is 5.16. The lowest BCUT2D eigenvalue weighted by molar-refractivity contribution is -0.146. The highest BCUT2D eigenvalue weighted by atomic mass is 35.5. The number of methoxy groups -OCH3 is 1. The molecule has 0 aliphatic heterocycles. The average Bonchev–Trinajstić information content (AvgIpc) is 2.57. The highest BCUT2D eigenvalue weighted by molar-refractivity contribution is 6.33.